The van der Waals surface area contributed by atoms with E-state index in [2.05, 4.69) is 49.3 Å². The van der Waals surface area contributed by atoms with Crippen LogP contribution in [0.3, 0.4) is 0 Å². The van der Waals surface area contributed by atoms with Gasteiger partial charge < -0.3 is 19.6 Å². The standard InChI is InChI=1S/C31H34N8O2/c1-5-37-13-15-38(16-14-37)25-10-8-24(9-11-25)34-31-32-19-23-18-27(30(40)39(6-2)29(23)35-31)26-12-7-22(17-20(26)3)28-33-21(4)41-36-28/h7-12,17-19H,5-6,13-16H2,1-4H3,(H,32,34,35). The number of anilines is 3. The zero-order chi connectivity index (χ0) is 28.5. The first-order chi connectivity index (χ1) is 19.9. The minimum atomic E-state index is -0.0940. The Morgan fingerprint density at radius 1 is 0.902 bits per heavy atom. The number of nitrogens with zero attached hydrogens (tertiary/aromatic N) is 7. The van der Waals surface area contributed by atoms with Crippen molar-refractivity contribution in [1.82, 2.24) is 29.6 Å². The molecule has 10 nitrogen and oxygen atoms in total. The molecular formula is C31H34N8O2. The van der Waals surface area contributed by atoms with E-state index in [1.54, 1.807) is 17.7 Å². The van der Waals surface area contributed by atoms with E-state index < -0.39 is 0 Å². The quantitative estimate of drug-likeness (QED) is 0.299. The highest BCUT2D eigenvalue weighted by atomic mass is 16.5. The topological polar surface area (TPSA) is 105 Å². The molecule has 1 N–H and O–H groups in total. The third-order valence-corrected chi connectivity index (χ3v) is 7.75. The van der Waals surface area contributed by atoms with E-state index in [4.69, 9.17) is 9.51 Å². The third kappa shape index (κ3) is 5.30. The number of fused-ring (bicyclic) bond motifs is 1. The van der Waals surface area contributed by atoms with Gasteiger partial charge in [-0.25, -0.2) is 4.98 Å². The Hall–Kier alpha value is -4.57. The molecule has 0 amide bonds. The maximum Gasteiger partial charge on any atom is 0.260 e. The Morgan fingerprint density at radius 3 is 2.34 bits per heavy atom. The normalized spacial score (nSPS) is 14.1. The van der Waals surface area contributed by atoms with Crippen molar-refractivity contribution in [2.24, 2.45) is 0 Å². The first-order valence-corrected chi connectivity index (χ1v) is 14.1. The lowest BCUT2D eigenvalue weighted by molar-refractivity contribution is 0.271. The second-order valence-corrected chi connectivity index (χ2v) is 10.3. The van der Waals surface area contributed by atoms with Gasteiger partial charge in [-0.2, -0.15) is 9.97 Å². The molecule has 2 aromatic carbocycles. The lowest BCUT2D eigenvalue weighted by atomic mass is 9.98. The van der Waals surface area contributed by atoms with E-state index in [-0.39, 0.29) is 5.56 Å². The van der Waals surface area contributed by atoms with Gasteiger partial charge in [0.1, 0.15) is 5.65 Å². The van der Waals surface area contributed by atoms with Gasteiger partial charge in [-0.1, -0.05) is 24.2 Å². The highest BCUT2D eigenvalue weighted by Crippen LogP contribution is 2.28. The van der Waals surface area contributed by atoms with E-state index in [9.17, 15) is 4.79 Å². The van der Waals surface area contributed by atoms with Gasteiger partial charge in [0.25, 0.3) is 5.56 Å². The second kappa shape index (κ2) is 11.1. The molecular weight excluding hydrogens is 516 g/mol. The summed E-state index contributed by atoms with van der Waals surface area (Å²) in [4.78, 5) is 32.2. The third-order valence-electron chi connectivity index (χ3n) is 7.75. The van der Waals surface area contributed by atoms with E-state index in [0.717, 1.165) is 60.5 Å². The summed E-state index contributed by atoms with van der Waals surface area (Å²) in [5, 5.41) is 8.11. The number of aromatic nitrogens is 5. The summed E-state index contributed by atoms with van der Waals surface area (Å²) in [7, 11) is 0. The van der Waals surface area contributed by atoms with Crippen LogP contribution >= 0.6 is 0 Å². The number of likely N-dealkylation sites (N-methyl/N-ethyl adjacent to an activating group) is 1. The molecule has 4 heterocycles. The number of aryl methyl sites for hydroxylation is 3. The molecule has 0 bridgehead atoms. The highest BCUT2D eigenvalue weighted by molar-refractivity contribution is 5.83. The SMILES string of the molecule is CCN1CCN(c2ccc(Nc3ncc4cc(-c5ccc(-c6noc(C)n6)cc5C)c(=O)n(CC)c4n3)cc2)CC1. The predicted octanol–water partition coefficient (Wildman–Crippen LogP) is 5.03. The van der Waals surface area contributed by atoms with Crippen LogP contribution in [-0.2, 0) is 6.54 Å². The molecule has 210 valence electrons. The number of pyridine rings is 1. The molecule has 3 aromatic heterocycles. The molecule has 5 aromatic rings. The van der Waals surface area contributed by atoms with Crippen molar-refractivity contribution in [2.75, 3.05) is 42.9 Å². The molecule has 0 radical (unpaired) electrons. The molecule has 0 aliphatic carbocycles. The average Bonchev–Trinajstić information content (AvgIpc) is 3.44. The van der Waals surface area contributed by atoms with Crippen molar-refractivity contribution in [3.05, 3.63) is 76.5 Å². The van der Waals surface area contributed by atoms with Crippen LogP contribution in [-0.4, -0.2) is 62.3 Å². The summed E-state index contributed by atoms with van der Waals surface area (Å²) in [5.41, 5.74) is 5.85. The summed E-state index contributed by atoms with van der Waals surface area (Å²) < 4.78 is 6.82. The van der Waals surface area contributed by atoms with Crippen LogP contribution in [0, 0.1) is 13.8 Å². The number of piperazine rings is 1. The lowest BCUT2D eigenvalue weighted by Gasteiger charge is -2.35. The molecule has 1 aliphatic heterocycles. The zero-order valence-electron chi connectivity index (χ0n) is 23.9. The van der Waals surface area contributed by atoms with Crippen LogP contribution in [0.1, 0.15) is 25.3 Å². The second-order valence-electron chi connectivity index (χ2n) is 10.3. The molecule has 1 fully saturated rings. The maximum atomic E-state index is 13.7. The van der Waals surface area contributed by atoms with Gasteiger partial charge >= 0.3 is 0 Å². The minimum Gasteiger partial charge on any atom is -0.369 e. The smallest absolute Gasteiger partial charge is 0.260 e. The predicted molar refractivity (Wildman–Crippen MR) is 162 cm³/mol. The summed E-state index contributed by atoms with van der Waals surface area (Å²) in [6, 6.07) is 16.1. The monoisotopic (exact) mass is 550 g/mol. The van der Waals surface area contributed by atoms with Crippen molar-refractivity contribution in [2.45, 2.75) is 34.2 Å². The molecule has 1 saturated heterocycles. The summed E-state index contributed by atoms with van der Waals surface area (Å²) in [6.45, 7) is 13.7. The van der Waals surface area contributed by atoms with Crippen LogP contribution < -0.4 is 15.8 Å². The Balaban J connectivity index is 1.26. The van der Waals surface area contributed by atoms with E-state index in [1.807, 2.05) is 50.2 Å². The average molecular weight is 551 g/mol. The lowest BCUT2D eigenvalue weighted by Crippen LogP contribution is -2.46. The highest BCUT2D eigenvalue weighted by Gasteiger charge is 2.17. The van der Waals surface area contributed by atoms with Gasteiger partial charge in [0, 0.05) is 73.7 Å². The minimum absolute atomic E-state index is 0.0940. The number of hydrogen-bond donors (Lipinski definition) is 1. The van der Waals surface area contributed by atoms with Gasteiger partial charge in [0.05, 0.1) is 0 Å². The first kappa shape index (κ1) is 26.6. The zero-order valence-corrected chi connectivity index (χ0v) is 23.9. The van der Waals surface area contributed by atoms with Crippen LogP contribution in [0.4, 0.5) is 17.3 Å². The Labute approximate surface area is 238 Å². The van der Waals surface area contributed by atoms with Crippen molar-refractivity contribution in [3.63, 3.8) is 0 Å². The molecule has 41 heavy (non-hydrogen) atoms. The molecule has 6 rings (SSSR count). The summed E-state index contributed by atoms with van der Waals surface area (Å²) >= 11 is 0. The van der Waals surface area contributed by atoms with Gasteiger partial charge in [-0.3, -0.25) is 9.36 Å². The van der Waals surface area contributed by atoms with Crippen molar-refractivity contribution in [3.8, 4) is 22.5 Å². The Kier molecular flexibility index (Phi) is 7.23. The van der Waals surface area contributed by atoms with Crippen molar-refractivity contribution in [1.29, 1.82) is 0 Å². The Morgan fingerprint density at radius 2 is 1.68 bits per heavy atom. The first-order valence-electron chi connectivity index (χ1n) is 14.1. The fraction of sp³-hybridized carbons (Fsp3) is 0.323. The van der Waals surface area contributed by atoms with Crippen LogP contribution in [0.15, 0.2) is 64.0 Å². The number of benzene rings is 2. The fourth-order valence-electron chi connectivity index (χ4n) is 5.43. The Bertz CT molecular complexity index is 1750. The summed E-state index contributed by atoms with van der Waals surface area (Å²) in [6.07, 6.45) is 1.77. The number of hydrogen-bond acceptors (Lipinski definition) is 9. The van der Waals surface area contributed by atoms with Gasteiger partial charge in [-0.05, 0) is 67.9 Å². The molecule has 0 unspecified atom stereocenters. The molecule has 0 saturated carbocycles. The largest absolute Gasteiger partial charge is 0.369 e. The number of rotatable bonds is 7. The van der Waals surface area contributed by atoms with E-state index in [1.165, 1.54) is 5.69 Å². The van der Waals surface area contributed by atoms with Crippen molar-refractivity contribution < 1.29 is 4.52 Å². The number of nitrogens with one attached hydrogen (secondary N) is 1. The molecule has 0 atom stereocenters. The van der Waals surface area contributed by atoms with E-state index >= 15 is 0 Å². The molecule has 0 spiro atoms. The van der Waals surface area contributed by atoms with Crippen LogP contribution in [0.25, 0.3) is 33.5 Å². The van der Waals surface area contributed by atoms with Crippen LogP contribution in [0.2, 0.25) is 0 Å². The van der Waals surface area contributed by atoms with Gasteiger partial charge in [0.15, 0.2) is 0 Å². The fourth-order valence-corrected chi connectivity index (χ4v) is 5.43. The maximum absolute atomic E-state index is 13.7. The van der Waals surface area contributed by atoms with Gasteiger partial charge in [0.2, 0.25) is 17.7 Å². The van der Waals surface area contributed by atoms with Crippen LogP contribution in [0.5, 0.6) is 0 Å². The molecule has 1 aliphatic rings. The van der Waals surface area contributed by atoms with Crippen molar-refractivity contribution >= 4 is 28.4 Å². The molecule has 10 heteroatoms. The van der Waals surface area contributed by atoms with Gasteiger partial charge in [-0.15, -0.1) is 0 Å². The van der Waals surface area contributed by atoms with E-state index in [0.29, 0.717) is 35.4 Å². The summed E-state index contributed by atoms with van der Waals surface area (Å²) in [5.74, 6) is 1.49.